The third kappa shape index (κ3) is 3.19. The summed E-state index contributed by atoms with van der Waals surface area (Å²) in [5.74, 6) is -0.297. The minimum atomic E-state index is -0.297. The van der Waals surface area contributed by atoms with E-state index < -0.39 is 0 Å². The van der Waals surface area contributed by atoms with Crippen molar-refractivity contribution in [2.75, 3.05) is 13.2 Å². The van der Waals surface area contributed by atoms with E-state index in [0.717, 1.165) is 19.4 Å². The largest absolute Gasteiger partial charge is 0.378 e. The molecule has 1 aliphatic heterocycles. The van der Waals surface area contributed by atoms with Gasteiger partial charge >= 0.3 is 0 Å². The molecule has 0 bridgehead atoms. The van der Waals surface area contributed by atoms with E-state index in [1.165, 1.54) is 0 Å². The number of carbonyl (C=O) groups is 1. The van der Waals surface area contributed by atoms with Crippen LogP contribution in [-0.4, -0.2) is 31.2 Å². The van der Waals surface area contributed by atoms with E-state index in [1.54, 1.807) is 0 Å². The van der Waals surface area contributed by atoms with Crippen molar-refractivity contribution in [3.63, 3.8) is 0 Å². The Morgan fingerprint density at radius 2 is 2.50 bits per heavy atom. The molecule has 1 fully saturated rings. The van der Waals surface area contributed by atoms with Gasteiger partial charge in [0.2, 0.25) is 5.91 Å². The average molecular weight is 172 g/mol. The lowest BCUT2D eigenvalue weighted by Gasteiger charge is -2.27. The molecular formula is C8H16N2O2. The number of hydrogen-bond donors (Lipinski definition) is 2. The zero-order valence-electron chi connectivity index (χ0n) is 7.38. The maximum atomic E-state index is 10.5. The second kappa shape index (κ2) is 4.42. The van der Waals surface area contributed by atoms with E-state index in [4.69, 9.17) is 10.5 Å². The predicted molar refractivity (Wildman–Crippen MR) is 45.6 cm³/mol. The molecule has 0 aliphatic carbocycles. The molecule has 2 atom stereocenters. The number of carbonyl (C=O) groups excluding carboxylic acids is 1. The summed E-state index contributed by atoms with van der Waals surface area (Å²) in [6, 6.07) is 0.390. The Kier molecular flexibility index (Phi) is 3.49. The minimum Gasteiger partial charge on any atom is -0.378 e. The van der Waals surface area contributed by atoms with Gasteiger partial charge in [-0.2, -0.15) is 0 Å². The van der Waals surface area contributed by atoms with Gasteiger partial charge in [0.1, 0.15) is 0 Å². The fourth-order valence-electron chi connectivity index (χ4n) is 1.43. The Morgan fingerprint density at radius 3 is 3.08 bits per heavy atom. The molecule has 1 aliphatic rings. The first-order valence-electron chi connectivity index (χ1n) is 4.32. The monoisotopic (exact) mass is 172 g/mol. The smallest absolute Gasteiger partial charge is 0.231 e. The van der Waals surface area contributed by atoms with Crippen LogP contribution in [-0.2, 0) is 9.53 Å². The molecule has 0 aromatic rings. The van der Waals surface area contributed by atoms with Gasteiger partial charge in [-0.25, -0.2) is 0 Å². The molecule has 4 nitrogen and oxygen atoms in total. The van der Waals surface area contributed by atoms with Crippen molar-refractivity contribution in [3.8, 4) is 0 Å². The second-order valence-corrected chi connectivity index (χ2v) is 3.25. The number of amides is 1. The molecule has 0 saturated carbocycles. The van der Waals surface area contributed by atoms with Gasteiger partial charge in [-0.15, -0.1) is 0 Å². The summed E-state index contributed by atoms with van der Waals surface area (Å²) in [6.07, 6.45) is 2.23. The van der Waals surface area contributed by atoms with Crippen LogP contribution >= 0.6 is 0 Å². The van der Waals surface area contributed by atoms with Crippen molar-refractivity contribution < 1.29 is 9.53 Å². The van der Waals surface area contributed by atoms with E-state index in [-0.39, 0.29) is 12.5 Å². The van der Waals surface area contributed by atoms with Crippen LogP contribution in [0.25, 0.3) is 0 Å². The predicted octanol–water partition coefficient (Wildman–Crippen LogP) is -0.371. The third-order valence-electron chi connectivity index (χ3n) is 2.05. The van der Waals surface area contributed by atoms with Gasteiger partial charge in [-0.1, -0.05) is 0 Å². The van der Waals surface area contributed by atoms with E-state index in [0.29, 0.717) is 12.1 Å². The lowest BCUT2D eigenvalue weighted by Crippen LogP contribution is -2.41. The highest BCUT2D eigenvalue weighted by molar-refractivity contribution is 5.75. The lowest BCUT2D eigenvalue weighted by atomic mass is 10.0. The fraction of sp³-hybridized carbons (Fsp3) is 0.875. The quantitative estimate of drug-likeness (QED) is 0.610. The molecular weight excluding hydrogens is 156 g/mol. The van der Waals surface area contributed by atoms with Gasteiger partial charge in [0.25, 0.3) is 0 Å². The summed E-state index contributed by atoms with van der Waals surface area (Å²) in [5.41, 5.74) is 5.01. The summed E-state index contributed by atoms with van der Waals surface area (Å²) in [7, 11) is 0. The Hall–Kier alpha value is -0.610. The Morgan fingerprint density at radius 1 is 1.75 bits per heavy atom. The number of rotatable bonds is 3. The summed E-state index contributed by atoms with van der Waals surface area (Å²) in [5, 5.41) is 3.10. The van der Waals surface area contributed by atoms with Gasteiger partial charge in [0, 0.05) is 12.6 Å². The first-order chi connectivity index (χ1) is 5.68. The maximum absolute atomic E-state index is 10.5. The molecule has 0 spiro atoms. The lowest BCUT2D eigenvalue weighted by molar-refractivity contribution is -0.117. The topological polar surface area (TPSA) is 64.3 Å². The Balaban J connectivity index is 2.18. The number of hydrogen-bond acceptors (Lipinski definition) is 3. The van der Waals surface area contributed by atoms with Crippen molar-refractivity contribution >= 4 is 5.91 Å². The van der Waals surface area contributed by atoms with Gasteiger partial charge in [0.15, 0.2) is 0 Å². The van der Waals surface area contributed by atoms with Crippen molar-refractivity contribution in [2.45, 2.75) is 31.9 Å². The minimum absolute atomic E-state index is 0.275. The average Bonchev–Trinajstić information content (AvgIpc) is 2.01. The van der Waals surface area contributed by atoms with Crippen LogP contribution in [0.1, 0.15) is 19.8 Å². The van der Waals surface area contributed by atoms with E-state index in [2.05, 4.69) is 5.32 Å². The van der Waals surface area contributed by atoms with E-state index in [1.807, 2.05) is 6.92 Å². The molecule has 0 aromatic carbocycles. The van der Waals surface area contributed by atoms with Crippen molar-refractivity contribution in [2.24, 2.45) is 5.73 Å². The van der Waals surface area contributed by atoms with Gasteiger partial charge in [-0.3, -0.25) is 4.79 Å². The molecule has 0 aromatic heterocycles. The number of ether oxygens (including phenoxy) is 1. The molecule has 1 rings (SSSR count). The summed E-state index contributed by atoms with van der Waals surface area (Å²) >= 11 is 0. The van der Waals surface area contributed by atoms with Crippen LogP contribution in [0.15, 0.2) is 0 Å². The van der Waals surface area contributed by atoms with E-state index in [9.17, 15) is 4.79 Å². The molecule has 3 N–H and O–H groups in total. The van der Waals surface area contributed by atoms with Crippen LogP contribution in [0.2, 0.25) is 0 Å². The molecule has 0 radical (unpaired) electrons. The van der Waals surface area contributed by atoms with Crippen molar-refractivity contribution in [1.29, 1.82) is 0 Å². The van der Waals surface area contributed by atoms with Crippen LogP contribution in [0, 0.1) is 0 Å². The van der Waals surface area contributed by atoms with E-state index >= 15 is 0 Å². The molecule has 12 heavy (non-hydrogen) atoms. The number of nitrogens with two attached hydrogens (primary N) is 1. The number of primary amides is 1. The zero-order valence-corrected chi connectivity index (χ0v) is 7.38. The van der Waals surface area contributed by atoms with Crippen LogP contribution < -0.4 is 11.1 Å². The highest BCUT2D eigenvalue weighted by Crippen LogP contribution is 2.12. The van der Waals surface area contributed by atoms with Crippen molar-refractivity contribution in [3.05, 3.63) is 0 Å². The van der Waals surface area contributed by atoms with Gasteiger partial charge in [-0.05, 0) is 19.8 Å². The van der Waals surface area contributed by atoms with Gasteiger partial charge in [0.05, 0.1) is 12.6 Å². The van der Waals surface area contributed by atoms with Crippen LogP contribution in [0.5, 0.6) is 0 Å². The highest BCUT2D eigenvalue weighted by Gasteiger charge is 2.18. The number of nitrogens with one attached hydrogen (secondary N) is 1. The molecule has 1 heterocycles. The molecule has 1 amide bonds. The SMILES string of the molecule is CC1CC(NCC(N)=O)CCO1. The highest BCUT2D eigenvalue weighted by atomic mass is 16.5. The second-order valence-electron chi connectivity index (χ2n) is 3.25. The standard InChI is InChI=1S/C8H16N2O2/c1-6-4-7(2-3-12-6)10-5-8(9)11/h6-7,10H,2-5H2,1H3,(H2,9,11). The Bertz CT molecular complexity index is 161. The molecule has 1 saturated heterocycles. The first-order valence-corrected chi connectivity index (χ1v) is 4.32. The van der Waals surface area contributed by atoms with Crippen LogP contribution in [0.4, 0.5) is 0 Å². The summed E-state index contributed by atoms with van der Waals surface area (Å²) in [4.78, 5) is 10.5. The molecule has 70 valence electrons. The maximum Gasteiger partial charge on any atom is 0.231 e. The molecule has 4 heteroatoms. The zero-order chi connectivity index (χ0) is 8.97. The molecule has 2 unspecified atom stereocenters. The fourth-order valence-corrected chi connectivity index (χ4v) is 1.43. The van der Waals surface area contributed by atoms with Crippen molar-refractivity contribution in [1.82, 2.24) is 5.32 Å². The first kappa shape index (κ1) is 9.48. The van der Waals surface area contributed by atoms with Crippen LogP contribution in [0.3, 0.4) is 0 Å². The normalized spacial score (nSPS) is 30.1. The van der Waals surface area contributed by atoms with Gasteiger partial charge < -0.3 is 15.8 Å². The summed E-state index contributed by atoms with van der Waals surface area (Å²) in [6.45, 7) is 3.09. The summed E-state index contributed by atoms with van der Waals surface area (Å²) < 4.78 is 5.36. The third-order valence-corrected chi connectivity index (χ3v) is 2.05. The Labute approximate surface area is 72.5 Å².